The van der Waals surface area contributed by atoms with Crippen LogP contribution in [-0.4, -0.2) is 0 Å². The van der Waals surface area contributed by atoms with Crippen molar-refractivity contribution in [2.24, 2.45) is 0 Å². The molecule has 0 N–H and O–H groups in total. The molecule has 35 heavy (non-hydrogen) atoms. The lowest BCUT2D eigenvalue weighted by Gasteiger charge is -2.30. The molecule has 5 aromatic rings. The Hall–Kier alpha value is -3.64. The lowest BCUT2D eigenvalue weighted by Crippen LogP contribution is -2.23. The molecule has 0 unspecified atom stereocenters. The molecule has 0 saturated carbocycles. The molecule has 1 aliphatic carbocycles. The molecule has 0 radical (unpaired) electrons. The van der Waals surface area contributed by atoms with Crippen LogP contribution in [0.2, 0.25) is 0 Å². The van der Waals surface area contributed by atoms with Gasteiger partial charge in [0, 0.05) is 5.41 Å². The van der Waals surface area contributed by atoms with E-state index in [0.717, 1.165) is 12.8 Å². The Balaban J connectivity index is 1.62. The number of benzene rings is 5. The summed E-state index contributed by atoms with van der Waals surface area (Å²) in [5.41, 5.74) is 12.3. The third kappa shape index (κ3) is 3.06. The van der Waals surface area contributed by atoms with Crippen molar-refractivity contribution in [2.75, 3.05) is 0 Å². The molecule has 6 rings (SSSR count). The molecule has 0 amide bonds. The summed E-state index contributed by atoms with van der Waals surface area (Å²) >= 11 is 0. The molecule has 0 aromatic heterocycles. The van der Waals surface area contributed by atoms with Gasteiger partial charge >= 0.3 is 0 Å². The summed E-state index contributed by atoms with van der Waals surface area (Å²) in [6.07, 6.45) is 4.22. The zero-order valence-electron chi connectivity index (χ0n) is 21.2. The lowest BCUT2D eigenvalue weighted by molar-refractivity contribution is 0.490. The third-order valence-corrected chi connectivity index (χ3v) is 8.46. The fourth-order valence-electron chi connectivity index (χ4n) is 6.66. The van der Waals surface area contributed by atoms with Gasteiger partial charge in [0.25, 0.3) is 0 Å². The van der Waals surface area contributed by atoms with Crippen LogP contribution in [0.1, 0.15) is 54.5 Å². The highest BCUT2D eigenvalue weighted by molar-refractivity contribution is 6.13. The average Bonchev–Trinajstić information content (AvgIpc) is 3.17. The van der Waals surface area contributed by atoms with Crippen LogP contribution in [0.25, 0.3) is 49.9 Å². The van der Waals surface area contributed by atoms with Crippen molar-refractivity contribution < 1.29 is 0 Å². The zero-order chi connectivity index (χ0) is 24.3. The Morgan fingerprint density at radius 1 is 0.714 bits per heavy atom. The average molecular weight is 453 g/mol. The van der Waals surface area contributed by atoms with Crippen LogP contribution in [0.3, 0.4) is 0 Å². The number of hydrogen-bond donors (Lipinski definition) is 0. The smallest absolute Gasteiger partial charge is 0.0210 e. The third-order valence-electron chi connectivity index (χ3n) is 8.46. The first kappa shape index (κ1) is 21.9. The zero-order valence-corrected chi connectivity index (χ0v) is 21.2. The molecule has 0 heterocycles. The summed E-state index contributed by atoms with van der Waals surface area (Å²) in [6.45, 7) is 13.2. The highest BCUT2D eigenvalue weighted by atomic mass is 14.4. The van der Waals surface area contributed by atoms with Crippen LogP contribution < -0.4 is 0 Å². The maximum atomic E-state index is 4.13. The van der Waals surface area contributed by atoms with E-state index in [2.05, 4.69) is 113 Å². The van der Waals surface area contributed by atoms with Gasteiger partial charge in [0.1, 0.15) is 0 Å². The highest BCUT2D eigenvalue weighted by Crippen LogP contribution is 2.53. The van der Waals surface area contributed by atoms with Crippen molar-refractivity contribution >= 4 is 27.6 Å². The Morgan fingerprint density at radius 3 is 2.26 bits per heavy atom. The van der Waals surface area contributed by atoms with Crippen LogP contribution in [-0.2, 0) is 5.41 Å². The molecule has 0 saturated heterocycles. The number of hydrogen-bond acceptors (Lipinski definition) is 0. The van der Waals surface area contributed by atoms with Crippen molar-refractivity contribution in [3.8, 4) is 22.3 Å². The first-order valence-corrected chi connectivity index (χ1v) is 12.9. The lowest BCUT2D eigenvalue weighted by atomic mass is 9.73. The van der Waals surface area contributed by atoms with Gasteiger partial charge in [-0.1, -0.05) is 93.2 Å². The molecule has 172 valence electrons. The monoisotopic (exact) mass is 452 g/mol. The molecule has 1 aliphatic rings. The number of rotatable bonds is 4. The maximum absolute atomic E-state index is 4.13. The molecule has 0 nitrogen and oxygen atoms in total. The van der Waals surface area contributed by atoms with Gasteiger partial charge in [0.2, 0.25) is 0 Å². The molecular weight excluding hydrogens is 420 g/mol. The topological polar surface area (TPSA) is 0 Å². The van der Waals surface area contributed by atoms with E-state index < -0.39 is 0 Å². The Bertz CT molecular complexity index is 1640. The van der Waals surface area contributed by atoms with Crippen molar-refractivity contribution in [3.05, 3.63) is 113 Å². The van der Waals surface area contributed by atoms with Gasteiger partial charge in [-0.05, 0) is 110 Å². The van der Waals surface area contributed by atoms with Crippen LogP contribution in [0.4, 0.5) is 0 Å². The predicted molar refractivity (Wildman–Crippen MR) is 153 cm³/mol. The van der Waals surface area contributed by atoms with Gasteiger partial charge in [0.05, 0.1) is 0 Å². The molecule has 5 aromatic carbocycles. The SMILES string of the molecule is C=Cc1cc(C)cc2ccc3c(C)cc(-c4ccc5c(c4)C(CC)(CC)c4ccccc4-5)cc3c12. The molecule has 0 heteroatoms. The van der Waals surface area contributed by atoms with Crippen molar-refractivity contribution in [1.29, 1.82) is 0 Å². The van der Waals surface area contributed by atoms with Gasteiger partial charge in [-0.2, -0.15) is 0 Å². The molecule has 0 bridgehead atoms. The molecule has 0 aliphatic heterocycles. The van der Waals surface area contributed by atoms with E-state index in [1.807, 2.05) is 6.08 Å². The summed E-state index contributed by atoms with van der Waals surface area (Å²) in [5.74, 6) is 0. The standard InChI is InChI=1S/C35H32/c1-6-24-17-22(4)18-26-14-15-28-23(5)19-27(20-31(28)34(24)26)25-13-16-30-29-11-9-10-12-32(29)35(7-2,8-3)33(30)21-25/h6,9-21H,1,7-8H2,2-5H3. The van der Waals surface area contributed by atoms with Crippen molar-refractivity contribution in [3.63, 3.8) is 0 Å². The second kappa shape index (κ2) is 7.95. The fourth-order valence-corrected chi connectivity index (χ4v) is 6.66. The second-order valence-corrected chi connectivity index (χ2v) is 10.2. The van der Waals surface area contributed by atoms with E-state index in [-0.39, 0.29) is 5.41 Å². The second-order valence-electron chi connectivity index (χ2n) is 10.2. The van der Waals surface area contributed by atoms with Crippen LogP contribution in [0.5, 0.6) is 0 Å². The van der Waals surface area contributed by atoms with E-state index in [1.165, 1.54) is 71.6 Å². The fraction of sp³-hybridized carbons (Fsp3) is 0.200. The minimum atomic E-state index is 0.0913. The van der Waals surface area contributed by atoms with Gasteiger partial charge in [-0.15, -0.1) is 0 Å². The minimum Gasteiger partial charge on any atom is -0.0984 e. The summed E-state index contributed by atoms with van der Waals surface area (Å²) in [7, 11) is 0. The summed E-state index contributed by atoms with van der Waals surface area (Å²) in [5, 5.41) is 5.22. The van der Waals surface area contributed by atoms with Gasteiger partial charge in [-0.25, -0.2) is 0 Å². The van der Waals surface area contributed by atoms with E-state index in [1.54, 1.807) is 0 Å². The van der Waals surface area contributed by atoms with E-state index in [0.29, 0.717) is 0 Å². The number of aryl methyl sites for hydroxylation is 2. The Kier molecular flexibility index (Phi) is 4.97. The summed E-state index contributed by atoms with van der Waals surface area (Å²) in [4.78, 5) is 0. The van der Waals surface area contributed by atoms with Crippen molar-refractivity contribution in [2.45, 2.75) is 46.0 Å². The quantitative estimate of drug-likeness (QED) is 0.238. The minimum absolute atomic E-state index is 0.0913. The largest absolute Gasteiger partial charge is 0.0984 e. The van der Waals surface area contributed by atoms with Crippen LogP contribution in [0.15, 0.2) is 85.4 Å². The molecular formula is C35H32. The van der Waals surface area contributed by atoms with E-state index >= 15 is 0 Å². The predicted octanol–water partition coefficient (Wildman–Crippen LogP) is 10.0. The maximum Gasteiger partial charge on any atom is 0.0210 e. The van der Waals surface area contributed by atoms with Crippen LogP contribution in [0, 0.1) is 13.8 Å². The van der Waals surface area contributed by atoms with Crippen LogP contribution >= 0.6 is 0 Å². The number of fused-ring (bicyclic) bond motifs is 6. The molecule has 0 spiro atoms. The van der Waals surface area contributed by atoms with Gasteiger partial charge in [0.15, 0.2) is 0 Å². The first-order chi connectivity index (χ1) is 17.0. The van der Waals surface area contributed by atoms with E-state index in [9.17, 15) is 0 Å². The Labute approximate surface area is 208 Å². The van der Waals surface area contributed by atoms with Gasteiger partial charge in [-0.3, -0.25) is 0 Å². The van der Waals surface area contributed by atoms with Crippen molar-refractivity contribution in [1.82, 2.24) is 0 Å². The first-order valence-electron chi connectivity index (χ1n) is 12.9. The normalized spacial score (nSPS) is 13.7. The summed E-state index contributed by atoms with van der Waals surface area (Å²) < 4.78 is 0. The van der Waals surface area contributed by atoms with E-state index in [4.69, 9.17) is 0 Å². The van der Waals surface area contributed by atoms with Gasteiger partial charge < -0.3 is 0 Å². The molecule has 0 atom stereocenters. The Morgan fingerprint density at radius 2 is 1.49 bits per heavy atom. The summed E-state index contributed by atoms with van der Waals surface area (Å²) in [6, 6.07) is 30.0. The highest BCUT2D eigenvalue weighted by Gasteiger charge is 2.40. The molecule has 0 fully saturated rings.